The van der Waals surface area contributed by atoms with Gasteiger partial charge in [-0.15, -0.1) is 0 Å². The van der Waals surface area contributed by atoms with E-state index in [9.17, 15) is 9.90 Å². The van der Waals surface area contributed by atoms with Crippen molar-refractivity contribution in [3.05, 3.63) is 12.4 Å². The van der Waals surface area contributed by atoms with E-state index in [0.717, 1.165) is 12.8 Å². The van der Waals surface area contributed by atoms with Crippen molar-refractivity contribution >= 4 is 11.7 Å². The van der Waals surface area contributed by atoms with E-state index in [1.807, 2.05) is 0 Å². The van der Waals surface area contributed by atoms with Crippen LogP contribution in [-0.4, -0.2) is 58.7 Å². The SMILES string of the molecule is COCCn1cc(NC(=O)N2CCCC(O)C2)cn1. The summed E-state index contributed by atoms with van der Waals surface area (Å²) in [6, 6.07) is -0.190. The zero-order valence-electron chi connectivity index (χ0n) is 11.1. The number of nitrogens with one attached hydrogen (secondary N) is 1. The van der Waals surface area contributed by atoms with Crippen LogP contribution in [0.4, 0.5) is 10.5 Å². The average Bonchev–Trinajstić information content (AvgIpc) is 2.84. The summed E-state index contributed by atoms with van der Waals surface area (Å²) in [4.78, 5) is 13.6. The minimum Gasteiger partial charge on any atom is -0.391 e. The molecule has 7 heteroatoms. The van der Waals surface area contributed by atoms with Crippen molar-refractivity contribution in [3.8, 4) is 0 Å². The molecule has 1 saturated heterocycles. The van der Waals surface area contributed by atoms with Crippen molar-refractivity contribution < 1.29 is 14.6 Å². The number of ether oxygens (including phenoxy) is 1. The number of hydrogen-bond donors (Lipinski definition) is 2. The van der Waals surface area contributed by atoms with Crippen LogP contribution in [0.3, 0.4) is 0 Å². The summed E-state index contributed by atoms with van der Waals surface area (Å²) >= 11 is 0. The number of methoxy groups -OCH3 is 1. The summed E-state index contributed by atoms with van der Waals surface area (Å²) in [5.74, 6) is 0. The number of carbonyl (C=O) groups excluding carboxylic acids is 1. The van der Waals surface area contributed by atoms with Gasteiger partial charge in [0, 0.05) is 26.4 Å². The maximum Gasteiger partial charge on any atom is 0.322 e. The van der Waals surface area contributed by atoms with Crippen molar-refractivity contribution in [2.24, 2.45) is 0 Å². The molecule has 2 N–H and O–H groups in total. The summed E-state index contributed by atoms with van der Waals surface area (Å²) in [7, 11) is 1.63. The summed E-state index contributed by atoms with van der Waals surface area (Å²) < 4.78 is 6.67. The van der Waals surface area contributed by atoms with Gasteiger partial charge in [-0.1, -0.05) is 0 Å². The summed E-state index contributed by atoms with van der Waals surface area (Å²) in [5, 5.41) is 16.4. The van der Waals surface area contributed by atoms with E-state index in [-0.39, 0.29) is 6.03 Å². The molecule has 1 atom stereocenters. The Morgan fingerprint density at radius 1 is 1.68 bits per heavy atom. The lowest BCUT2D eigenvalue weighted by Crippen LogP contribution is -2.44. The number of likely N-dealkylation sites (tertiary alicyclic amines) is 1. The predicted octanol–water partition coefficient (Wildman–Crippen LogP) is 0.518. The number of amides is 2. The first-order valence-electron chi connectivity index (χ1n) is 6.44. The molecule has 2 amide bonds. The average molecular weight is 268 g/mol. The van der Waals surface area contributed by atoms with Crippen LogP contribution in [-0.2, 0) is 11.3 Å². The van der Waals surface area contributed by atoms with Crippen LogP contribution in [0.15, 0.2) is 12.4 Å². The molecule has 1 unspecified atom stereocenters. The molecule has 0 aromatic carbocycles. The van der Waals surface area contributed by atoms with Gasteiger partial charge in [-0.2, -0.15) is 5.10 Å². The molecule has 1 aromatic rings. The quantitative estimate of drug-likeness (QED) is 0.834. The Morgan fingerprint density at radius 3 is 3.26 bits per heavy atom. The van der Waals surface area contributed by atoms with Crippen LogP contribution in [0.25, 0.3) is 0 Å². The molecule has 0 spiro atoms. The molecular weight excluding hydrogens is 248 g/mol. The highest BCUT2D eigenvalue weighted by atomic mass is 16.5. The molecule has 1 aliphatic rings. The molecule has 0 saturated carbocycles. The van der Waals surface area contributed by atoms with Crippen molar-refractivity contribution in [2.45, 2.75) is 25.5 Å². The Morgan fingerprint density at radius 2 is 2.53 bits per heavy atom. The van der Waals surface area contributed by atoms with Crippen molar-refractivity contribution in [1.82, 2.24) is 14.7 Å². The molecular formula is C12H20N4O3. The molecule has 2 heterocycles. The normalized spacial score (nSPS) is 19.5. The van der Waals surface area contributed by atoms with E-state index >= 15 is 0 Å². The predicted molar refractivity (Wildman–Crippen MR) is 69.9 cm³/mol. The van der Waals surface area contributed by atoms with Gasteiger partial charge in [0.15, 0.2) is 0 Å². The molecule has 7 nitrogen and oxygen atoms in total. The molecule has 0 aliphatic carbocycles. The first-order valence-corrected chi connectivity index (χ1v) is 6.44. The fourth-order valence-corrected chi connectivity index (χ4v) is 2.08. The number of urea groups is 1. The highest BCUT2D eigenvalue weighted by Gasteiger charge is 2.22. The minimum atomic E-state index is -0.413. The van der Waals surface area contributed by atoms with Crippen LogP contribution in [0, 0.1) is 0 Å². The Kier molecular flexibility index (Phi) is 4.75. The number of nitrogens with zero attached hydrogens (tertiary/aromatic N) is 3. The van der Waals surface area contributed by atoms with Gasteiger partial charge in [0.05, 0.1) is 31.1 Å². The van der Waals surface area contributed by atoms with Gasteiger partial charge in [0.25, 0.3) is 0 Å². The second kappa shape index (κ2) is 6.53. The zero-order chi connectivity index (χ0) is 13.7. The molecule has 1 aliphatic heterocycles. The monoisotopic (exact) mass is 268 g/mol. The van der Waals surface area contributed by atoms with Crippen molar-refractivity contribution in [3.63, 3.8) is 0 Å². The summed E-state index contributed by atoms with van der Waals surface area (Å²) in [6.07, 6.45) is 4.55. The largest absolute Gasteiger partial charge is 0.391 e. The zero-order valence-corrected chi connectivity index (χ0v) is 11.1. The molecule has 1 aromatic heterocycles. The summed E-state index contributed by atoms with van der Waals surface area (Å²) in [5.41, 5.74) is 0.654. The Hall–Kier alpha value is -1.60. The van der Waals surface area contributed by atoms with Gasteiger partial charge in [0.1, 0.15) is 0 Å². The Labute approximate surface area is 112 Å². The Balaban J connectivity index is 1.86. The van der Waals surface area contributed by atoms with Crippen LogP contribution < -0.4 is 5.32 Å². The van der Waals surface area contributed by atoms with E-state index in [1.165, 1.54) is 0 Å². The number of aliphatic hydroxyl groups is 1. The number of rotatable bonds is 4. The van der Waals surface area contributed by atoms with Crippen LogP contribution in [0.1, 0.15) is 12.8 Å². The molecule has 1 fully saturated rings. The third kappa shape index (κ3) is 3.93. The molecule has 0 radical (unpaired) electrons. The van der Waals surface area contributed by atoms with Gasteiger partial charge in [-0.3, -0.25) is 4.68 Å². The van der Waals surface area contributed by atoms with Crippen LogP contribution in [0.2, 0.25) is 0 Å². The number of carbonyl (C=O) groups is 1. The van der Waals surface area contributed by atoms with Gasteiger partial charge < -0.3 is 20.1 Å². The standard InChI is InChI=1S/C12H20N4O3/c1-19-6-5-16-8-10(7-13-16)14-12(18)15-4-2-3-11(17)9-15/h7-8,11,17H,2-6,9H2,1H3,(H,14,18). The molecule has 106 valence electrons. The maximum absolute atomic E-state index is 12.0. The lowest BCUT2D eigenvalue weighted by molar-refractivity contribution is 0.0883. The number of piperidine rings is 1. The first-order chi connectivity index (χ1) is 9.19. The van der Waals surface area contributed by atoms with Crippen LogP contribution >= 0.6 is 0 Å². The number of aromatic nitrogens is 2. The van der Waals surface area contributed by atoms with Crippen molar-refractivity contribution in [1.29, 1.82) is 0 Å². The Bertz CT molecular complexity index is 421. The smallest absolute Gasteiger partial charge is 0.322 e. The van der Waals surface area contributed by atoms with E-state index in [2.05, 4.69) is 10.4 Å². The second-order valence-corrected chi connectivity index (χ2v) is 4.66. The highest BCUT2D eigenvalue weighted by Crippen LogP contribution is 2.12. The van der Waals surface area contributed by atoms with Gasteiger partial charge >= 0.3 is 6.03 Å². The fraction of sp³-hybridized carbons (Fsp3) is 0.667. The van der Waals surface area contributed by atoms with E-state index in [0.29, 0.717) is 31.9 Å². The number of β-amino-alcohol motifs (C(OH)–C–C–N with tert-alkyl or cyclic N) is 1. The molecule has 0 bridgehead atoms. The molecule has 2 rings (SSSR count). The van der Waals surface area contributed by atoms with E-state index in [1.54, 1.807) is 29.1 Å². The first kappa shape index (κ1) is 13.8. The van der Waals surface area contributed by atoms with Crippen molar-refractivity contribution in [2.75, 3.05) is 32.1 Å². The van der Waals surface area contributed by atoms with Crippen LogP contribution in [0.5, 0.6) is 0 Å². The number of anilines is 1. The lowest BCUT2D eigenvalue weighted by atomic mass is 10.1. The third-order valence-electron chi connectivity index (χ3n) is 3.09. The van der Waals surface area contributed by atoms with Gasteiger partial charge in [0.2, 0.25) is 0 Å². The second-order valence-electron chi connectivity index (χ2n) is 4.66. The topological polar surface area (TPSA) is 79.6 Å². The van der Waals surface area contributed by atoms with Gasteiger partial charge in [-0.25, -0.2) is 4.79 Å². The number of hydrogen-bond acceptors (Lipinski definition) is 4. The summed E-state index contributed by atoms with van der Waals surface area (Å²) in [6.45, 7) is 2.30. The fourth-order valence-electron chi connectivity index (χ4n) is 2.08. The third-order valence-corrected chi connectivity index (χ3v) is 3.09. The van der Waals surface area contributed by atoms with E-state index in [4.69, 9.17) is 4.74 Å². The minimum absolute atomic E-state index is 0.190. The number of aliphatic hydroxyl groups excluding tert-OH is 1. The maximum atomic E-state index is 12.0. The lowest BCUT2D eigenvalue weighted by Gasteiger charge is -2.29. The van der Waals surface area contributed by atoms with Gasteiger partial charge in [-0.05, 0) is 12.8 Å². The highest BCUT2D eigenvalue weighted by molar-refractivity contribution is 5.89. The van der Waals surface area contributed by atoms with E-state index < -0.39 is 6.10 Å². The molecule has 19 heavy (non-hydrogen) atoms.